The topological polar surface area (TPSA) is 18.5 Å². The van der Waals surface area contributed by atoms with E-state index in [9.17, 15) is 0 Å². The van der Waals surface area contributed by atoms with Crippen LogP contribution in [-0.2, 0) is 4.43 Å². The number of hydrogen-bond acceptors (Lipinski definition) is 2. The van der Waals surface area contributed by atoms with Gasteiger partial charge in [-0.15, -0.1) is 0 Å². The van der Waals surface area contributed by atoms with Crippen LogP contribution in [0.25, 0.3) is 0 Å². The Morgan fingerprint density at radius 3 is 2.32 bits per heavy atom. The highest BCUT2D eigenvalue weighted by Crippen LogP contribution is 2.39. The summed E-state index contributed by atoms with van der Waals surface area (Å²) in [5.74, 6) is 0.419. The quantitative estimate of drug-likeness (QED) is 0.347. The van der Waals surface area contributed by atoms with E-state index in [0.717, 1.165) is 19.3 Å². The average molecular weight is 342 g/mol. The van der Waals surface area contributed by atoms with Gasteiger partial charge in [-0.25, -0.2) is 0 Å². The van der Waals surface area contributed by atoms with E-state index in [2.05, 4.69) is 6.92 Å². The lowest BCUT2D eigenvalue weighted by Crippen LogP contribution is -2.38. The van der Waals surface area contributed by atoms with E-state index in [-0.39, 0.29) is 0 Å². The van der Waals surface area contributed by atoms with Crippen molar-refractivity contribution < 1.29 is 8.85 Å². The van der Waals surface area contributed by atoms with Gasteiger partial charge < -0.3 is 8.85 Å². The third kappa shape index (κ3) is 5.52. The maximum absolute atomic E-state index is 6.11. The third-order valence-corrected chi connectivity index (χ3v) is 5.23. The summed E-state index contributed by atoms with van der Waals surface area (Å²) < 4.78 is 11.7. The van der Waals surface area contributed by atoms with Gasteiger partial charge >= 0.3 is 8.56 Å². The Morgan fingerprint density at radius 1 is 1.05 bits per heavy atom. The lowest BCUT2D eigenvalue weighted by molar-refractivity contribution is 0.242. The second-order valence-corrected chi connectivity index (χ2v) is 9.21. The number of unbranched alkanes of at least 4 members (excludes halogenated alkanes) is 2. The monoisotopic (exact) mass is 340 g/mol. The van der Waals surface area contributed by atoms with Crippen molar-refractivity contribution in [2.75, 3.05) is 6.61 Å². The lowest BCUT2D eigenvalue weighted by atomic mass is 10.3. The third-order valence-electron chi connectivity index (χ3n) is 2.55. The SMILES string of the molecule is CCCCCO[Si](C)(C)Oc1c(Cl)ccc(Cl)c1Cl. The summed E-state index contributed by atoms with van der Waals surface area (Å²) in [5, 5.41) is 1.22. The largest absolute Gasteiger partial charge is 0.518 e. The van der Waals surface area contributed by atoms with Gasteiger partial charge in [0.2, 0.25) is 0 Å². The maximum Gasteiger partial charge on any atom is 0.392 e. The molecule has 0 aromatic heterocycles. The van der Waals surface area contributed by atoms with Crippen molar-refractivity contribution >= 4 is 43.4 Å². The molecule has 1 aromatic rings. The molecule has 0 bridgehead atoms. The van der Waals surface area contributed by atoms with Crippen molar-refractivity contribution in [1.82, 2.24) is 0 Å². The lowest BCUT2D eigenvalue weighted by Gasteiger charge is -2.25. The maximum atomic E-state index is 6.11. The summed E-state index contributed by atoms with van der Waals surface area (Å²) in [6.45, 7) is 6.78. The van der Waals surface area contributed by atoms with Gasteiger partial charge in [0.25, 0.3) is 0 Å². The molecule has 0 saturated carbocycles. The van der Waals surface area contributed by atoms with E-state index in [1.54, 1.807) is 12.1 Å². The molecule has 6 heteroatoms. The summed E-state index contributed by atoms with van der Waals surface area (Å²) >= 11 is 18.2. The second-order valence-electron chi connectivity index (χ2n) is 4.73. The molecule has 0 unspecified atom stereocenters. The number of benzene rings is 1. The minimum atomic E-state index is -2.31. The molecular weight excluding hydrogens is 323 g/mol. The molecule has 19 heavy (non-hydrogen) atoms. The Balaban J connectivity index is 2.69. The fourth-order valence-electron chi connectivity index (χ4n) is 1.55. The van der Waals surface area contributed by atoms with E-state index in [1.807, 2.05) is 13.1 Å². The smallest absolute Gasteiger partial charge is 0.392 e. The first kappa shape index (κ1) is 17.1. The van der Waals surface area contributed by atoms with Crippen molar-refractivity contribution in [1.29, 1.82) is 0 Å². The van der Waals surface area contributed by atoms with Crippen molar-refractivity contribution in [2.24, 2.45) is 0 Å². The van der Waals surface area contributed by atoms with Crippen LogP contribution < -0.4 is 4.43 Å². The molecule has 0 aliphatic heterocycles. The van der Waals surface area contributed by atoms with E-state index in [0.29, 0.717) is 27.4 Å². The zero-order chi connectivity index (χ0) is 14.5. The van der Waals surface area contributed by atoms with Crippen LogP contribution >= 0.6 is 34.8 Å². The van der Waals surface area contributed by atoms with Gasteiger partial charge in [-0.3, -0.25) is 0 Å². The Morgan fingerprint density at radius 2 is 1.68 bits per heavy atom. The van der Waals surface area contributed by atoms with Gasteiger partial charge in [-0.2, -0.15) is 0 Å². The molecule has 0 aliphatic carbocycles. The van der Waals surface area contributed by atoms with Crippen LogP contribution in [0.4, 0.5) is 0 Å². The van der Waals surface area contributed by atoms with E-state index < -0.39 is 8.56 Å². The first-order valence-electron chi connectivity index (χ1n) is 6.34. The van der Waals surface area contributed by atoms with Crippen LogP contribution in [0, 0.1) is 0 Å². The molecule has 0 spiro atoms. The van der Waals surface area contributed by atoms with Gasteiger partial charge in [0.1, 0.15) is 10.8 Å². The van der Waals surface area contributed by atoms with Crippen LogP contribution in [0.15, 0.2) is 12.1 Å². The first-order chi connectivity index (χ1) is 8.87. The zero-order valence-electron chi connectivity index (χ0n) is 11.4. The molecule has 0 N–H and O–H groups in total. The zero-order valence-corrected chi connectivity index (χ0v) is 14.7. The highest BCUT2D eigenvalue weighted by Gasteiger charge is 2.29. The average Bonchev–Trinajstić information content (AvgIpc) is 2.35. The molecule has 1 aromatic carbocycles. The normalized spacial score (nSPS) is 11.7. The molecule has 1 rings (SSSR count). The first-order valence-corrected chi connectivity index (χ1v) is 10.3. The fourth-order valence-corrected chi connectivity index (χ4v) is 3.67. The summed E-state index contributed by atoms with van der Waals surface area (Å²) in [4.78, 5) is 0. The fraction of sp³-hybridized carbons (Fsp3) is 0.538. The van der Waals surface area contributed by atoms with Crippen LogP contribution in [0.3, 0.4) is 0 Å². The molecular formula is C13H19Cl3O2Si. The molecule has 0 amide bonds. The van der Waals surface area contributed by atoms with Gasteiger partial charge in [0, 0.05) is 6.61 Å². The van der Waals surface area contributed by atoms with Crippen LogP contribution in [-0.4, -0.2) is 15.2 Å². The van der Waals surface area contributed by atoms with Gasteiger partial charge in [0.15, 0.2) is 0 Å². The summed E-state index contributed by atoms with van der Waals surface area (Å²) in [5.41, 5.74) is 0. The summed E-state index contributed by atoms with van der Waals surface area (Å²) in [6, 6.07) is 3.32. The Bertz CT molecular complexity index is 425. The summed E-state index contributed by atoms with van der Waals surface area (Å²) in [6.07, 6.45) is 3.36. The van der Waals surface area contributed by atoms with Crippen molar-refractivity contribution in [2.45, 2.75) is 39.3 Å². The Kier molecular flexibility index (Phi) is 6.98. The minimum Gasteiger partial charge on any atom is -0.518 e. The molecule has 108 valence electrons. The predicted molar refractivity (Wildman–Crippen MR) is 85.1 cm³/mol. The number of rotatable bonds is 7. The van der Waals surface area contributed by atoms with Gasteiger partial charge in [0.05, 0.1) is 10.0 Å². The van der Waals surface area contributed by atoms with E-state index >= 15 is 0 Å². The van der Waals surface area contributed by atoms with Gasteiger partial charge in [-0.05, 0) is 31.6 Å². The van der Waals surface area contributed by atoms with E-state index in [4.69, 9.17) is 43.7 Å². The van der Waals surface area contributed by atoms with E-state index in [1.165, 1.54) is 0 Å². The highest BCUT2D eigenvalue weighted by molar-refractivity contribution is 6.65. The van der Waals surface area contributed by atoms with Crippen molar-refractivity contribution in [3.8, 4) is 5.75 Å². The Labute approximate surface area is 131 Å². The number of halogens is 3. The molecule has 0 saturated heterocycles. The molecule has 0 heterocycles. The van der Waals surface area contributed by atoms with Crippen LogP contribution in [0.5, 0.6) is 5.75 Å². The van der Waals surface area contributed by atoms with Gasteiger partial charge in [-0.1, -0.05) is 54.6 Å². The predicted octanol–water partition coefficient (Wildman–Crippen LogP) is 5.93. The molecule has 0 radical (unpaired) electrons. The molecule has 2 nitrogen and oxygen atoms in total. The second kappa shape index (κ2) is 7.74. The molecule has 0 fully saturated rings. The molecule has 0 atom stereocenters. The van der Waals surface area contributed by atoms with Crippen molar-refractivity contribution in [3.05, 3.63) is 27.2 Å². The Hall–Kier alpha value is 0.0669. The number of hydrogen-bond donors (Lipinski definition) is 0. The standard InChI is InChI=1S/C13H19Cl3O2Si/c1-4-5-6-9-17-19(2,3)18-13-11(15)8-7-10(14)12(13)16/h7-8H,4-6,9H2,1-3H3. The summed E-state index contributed by atoms with van der Waals surface area (Å²) in [7, 11) is -2.31. The van der Waals surface area contributed by atoms with Crippen LogP contribution in [0.1, 0.15) is 26.2 Å². The minimum absolute atomic E-state index is 0.340. The highest BCUT2D eigenvalue weighted by atomic mass is 35.5. The van der Waals surface area contributed by atoms with Crippen molar-refractivity contribution in [3.63, 3.8) is 0 Å². The van der Waals surface area contributed by atoms with Crippen LogP contribution in [0.2, 0.25) is 28.2 Å². The molecule has 0 aliphatic rings.